The third kappa shape index (κ3) is 16.1. The zero-order chi connectivity index (χ0) is 20.9. The third-order valence-corrected chi connectivity index (χ3v) is 5.69. The van der Waals surface area contributed by atoms with E-state index in [1.165, 1.54) is 77.0 Å². The molecular formula is C22H46N2O4. The molecule has 0 aromatic rings. The van der Waals surface area contributed by atoms with Gasteiger partial charge in [0, 0.05) is 12.0 Å². The summed E-state index contributed by atoms with van der Waals surface area (Å²) in [7, 11) is 0. The van der Waals surface area contributed by atoms with E-state index in [2.05, 4.69) is 5.32 Å². The van der Waals surface area contributed by atoms with Gasteiger partial charge in [0.05, 0.1) is 19.8 Å². The molecule has 2 amide bonds. The van der Waals surface area contributed by atoms with Gasteiger partial charge in [-0.05, 0) is 12.8 Å². The minimum atomic E-state index is -0.692. The first kappa shape index (κ1) is 27.1. The Morgan fingerprint density at radius 2 is 0.929 bits per heavy atom. The number of rotatable bonds is 21. The van der Waals surface area contributed by atoms with E-state index in [9.17, 15) is 20.1 Å². The number of aliphatic hydroxyl groups is 3. The van der Waals surface area contributed by atoms with Crippen LogP contribution in [-0.4, -0.2) is 47.7 Å². The number of amides is 2. The molecule has 168 valence electrons. The normalized spacial score (nSPS) is 11.7. The molecule has 0 saturated carbocycles. The Labute approximate surface area is 172 Å². The standard InChI is InChI=1S/C22H46N2O4/c23-21(28)24-17-15-13-11-9-7-5-3-1-2-4-6-8-10-12-14-16-22(18-25,19-26)20-27/h25-27H,1-20H2,(H3,23,24,28). The number of unbranched alkanes of at least 4 members (excludes halogenated alkanes) is 14. The maximum absolute atomic E-state index is 10.5. The highest BCUT2D eigenvalue weighted by molar-refractivity contribution is 5.71. The highest BCUT2D eigenvalue weighted by Gasteiger charge is 2.26. The molecule has 6 N–H and O–H groups in total. The Morgan fingerprint density at radius 3 is 1.25 bits per heavy atom. The predicted molar refractivity (Wildman–Crippen MR) is 115 cm³/mol. The van der Waals surface area contributed by atoms with Gasteiger partial charge in [-0.2, -0.15) is 0 Å². The van der Waals surface area contributed by atoms with Gasteiger partial charge in [-0.15, -0.1) is 0 Å². The molecule has 6 nitrogen and oxygen atoms in total. The van der Waals surface area contributed by atoms with Crippen LogP contribution in [0.15, 0.2) is 0 Å². The maximum atomic E-state index is 10.5. The third-order valence-electron chi connectivity index (χ3n) is 5.69. The number of hydrogen-bond donors (Lipinski definition) is 5. The van der Waals surface area contributed by atoms with Gasteiger partial charge in [-0.1, -0.05) is 89.9 Å². The fraction of sp³-hybridized carbons (Fsp3) is 0.955. The number of carbonyl (C=O) groups is 1. The molecule has 0 heterocycles. The second kappa shape index (κ2) is 19.5. The summed E-state index contributed by atoms with van der Waals surface area (Å²) in [5.74, 6) is 0. The van der Waals surface area contributed by atoms with Gasteiger partial charge in [0.2, 0.25) is 0 Å². The van der Waals surface area contributed by atoms with Crippen molar-refractivity contribution in [2.45, 2.75) is 103 Å². The molecule has 0 saturated heterocycles. The van der Waals surface area contributed by atoms with Crippen molar-refractivity contribution in [3.8, 4) is 0 Å². The smallest absolute Gasteiger partial charge is 0.312 e. The second-order valence-electron chi connectivity index (χ2n) is 8.32. The zero-order valence-corrected chi connectivity index (χ0v) is 18.0. The molecule has 0 aliphatic heterocycles. The van der Waals surface area contributed by atoms with Crippen molar-refractivity contribution in [2.75, 3.05) is 26.4 Å². The Hall–Kier alpha value is -0.850. The van der Waals surface area contributed by atoms with Gasteiger partial charge < -0.3 is 26.4 Å². The van der Waals surface area contributed by atoms with E-state index >= 15 is 0 Å². The number of aliphatic hydroxyl groups excluding tert-OH is 3. The van der Waals surface area contributed by atoms with Crippen molar-refractivity contribution in [3.05, 3.63) is 0 Å². The van der Waals surface area contributed by atoms with Crippen molar-refractivity contribution in [1.82, 2.24) is 5.32 Å². The van der Waals surface area contributed by atoms with Gasteiger partial charge in [-0.3, -0.25) is 0 Å². The van der Waals surface area contributed by atoms with Gasteiger partial charge in [0.25, 0.3) is 0 Å². The summed E-state index contributed by atoms with van der Waals surface area (Å²) in [5, 5.41) is 30.5. The molecule has 0 fully saturated rings. The first-order valence-electron chi connectivity index (χ1n) is 11.5. The minimum absolute atomic E-state index is 0.144. The van der Waals surface area contributed by atoms with Crippen molar-refractivity contribution < 1.29 is 20.1 Å². The van der Waals surface area contributed by atoms with E-state index in [4.69, 9.17) is 5.73 Å². The molecule has 0 unspecified atom stereocenters. The van der Waals surface area contributed by atoms with E-state index in [1.54, 1.807) is 0 Å². The van der Waals surface area contributed by atoms with Crippen LogP contribution >= 0.6 is 0 Å². The number of urea groups is 1. The molecule has 0 atom stereocenters. The van der Waals surface area contributed by atoms with Crippen LogP contribution in [0.2, 0.25) is 0 Å². The summed E-state index contributed by atoms with van der Waals surface area (Å²) < 4.78 is 0. The first-order chi connectivity index (χ1) is 13.6. The zero-order valence-electron chi connectivity index (χ0n) is 18.0. The van der Waals surface area contributed by atoms with Crippen LogP contribution in [0.25, 0.3) is 0 Å². The highest BCUT2D eigenvalue weighted by atomic mass is 16.3. The lowest BCUT2D eigenvalue weighted by atomic mass is 9.85. The largest absolute Gasteiger partial charge is 0.396 e. The average molecular weight is 403 g/mol. The molecule has 6 heteroatoms. The van der Waals surface area contributed by atoms with E-state index in [-0.39, 0.29) is 19.8 Å². The van der Waals surface area contributed by atoms with Crippen LogP contribution in [0.5, 0.6) is 0 Å². The lowest BCUT2D eigenvalue weighted by Gasteiger charge is -2.27. The van der Waals surface area contributed by atoms with Gasteiger partial charge in [-0.25, -0.2) is 4.79 Å². The van der Waals surface area contributed by atoms with Crippen molar-refractivity contribution in [2.24, 2.45) is 11.1 Å². The molecule has 0 spiro atoms. The maximum Gasteiger partial charge on any atom is 0.312 e. The quantitative estimate of drug-likeness (QED) is 0.187. The lowest BCUT2D eigenvalue weighted by molar-refractivity contribution is -0.00230. The van der Waals surface area contributed by atoms with E-state index in [1.807, 2.05) is 0 Å². The van der Waals surface area contributed by atoms with E-state index in [0.717, 1.165) is 19.3 Å². The number of nitrogens with two attached hydrogens (primary N) is 1. The molecule has 0 radical (unpaired) electrons. The van der Waals surface area contributed by atoms with Crippen LogP contribution in [-0.2, 0) is 0 Å². The minimum Gasteiger partial charge on any atom is -0.396 e. The molecule has 0 aliphatic carbocycles. The van der Waals surface area contributed by atoms with Crippen LogP contribution in [0.3, 0.4) is 0 Å². The van der Waals surface area contributed by atoms with E-state index < -0.39 is 11.4 Å². The average Bonchev–Trinajstić information content (AvgIpc) is 2.70. The Bertz CT molecular complexity index is 341. The Morgan fingerprint density at radius 1 is 0.607 bits per heavy atom. The molecular weight excluding hydrogens is 356 g/mol. The van der Waals surface area contributed by atoms with Crippen LogP contribution in [0.4, 0.5) is 4.79 Å². The molecule has 0 aromatic carbocycles. The van der Waals surface area contributed by atoms with Crippen LogP contribution in [0.1, 0.15) is 103 Å². The van der Waals surface area contributed by atoms with Crippen LogP contribution in [0, 0.1) is 5.41 Å². The van der Waals surface area contributed by atoms with Crippen molar-refractivity contribution in [3.63, 3.8) is 0 Å². The molecule has 28 heavy (non-hydrogen) atoms. The summed E-state index contributed by atoms with van der Waals surface area (Å²) >= 11 is 0. The summed E-state index contributed by atoms with van der Waals surface area (Å²) in [4.78, 5) is 10.5. The summed E-state index contributed by atoms with van der Waals surface area (Å²) in [6.45, 7) is 0.265. The monoisotopic (exact) mass is 402 g/mol. The molecule has 0 rings (SSSR count). The van der Waals surface area contributed by atoms with Crippen LogP contribution < -0.4 is 11.1 Å². The Balaban J connectivity index is 3.21. The number of primary amides is 1. The van der Waals surface area contributed by atoms with Gasteiger partial charge in [0.15, 0.2) is 0 Å². The Kier molecular flexibility index (Phi) is 18.9. The highest BCUT2D eigenvalue weighted by Crippen LogP contribution is 2.24. The van der Waals surface area contributed by atoms with Gasteiger partial charge in [0.1, 0.15) is 0 Å². The molecule has 0 aliphatic rings. The SMILES string of the molecule is NC(=O)NCCCCCCCCCCCCCCCCCC(CO)(CO)CO. The van der Waals surface area contributed by atoms with Gasteiger partial charge >= 0.3 is 6.03 Å². The topological polar surface area (TPSA) is 116 Å². The fourth-order valence-corrected chi connectivity index (χ4v) is 3.52. The fourth-order valence-electron chi connectivity index (χ4n) is 3.52. The molecule has 0 bridgehead atoms. The summed E-state index contributed by atoms with van der Waals surface area (Å²) in [6.07, 6.45) is 19.2. The predicted octanol–water partition coefficient (Wildman–Crippen LogP) is 3.86. The summed E-state index contributed by atoms with van der Waals surface area (Å²) in [5.41, 5.74) is 4.32. The molecule has 0 aromatic heterocycles. The number of hydrogen-bond acceptors (Lipinski definition) is 4. The van der Waals surface area contributed by atoms with Crippen molar-refractivity contribution in [1.29, 1.82) is 0 Å². The summed E-state index contributed by atoms with van der Waals surface area (Å²) in [6, 6.07) is -0.426. The number of nitrogens with one attached hydrogen (secondary N) is 1. The second-order valence-corrected chi connectivity index (χ2v) is 8.32. The van der Waals surface area contributed by atoms with Crippen molar-refractivity contribution >= 4 is 6.03 Å². The number of carbonyl (C=O) groups excluding carboxylic acids is 1. The van der Waals surface area contributed by atoms with E-state index in [0.29, 0.717) is 13.0 Å². The lowest BCUT2D eigenvalue weighted by Crippen LogP contribution is -2.33. The first-order valence-corrected chi connectivity index (χ1v) is 11.5.